The summed E-state index contributed by atoms with van der Waals surface area (Å²) in [6.45, 7) is 3.56. The van der Waals surface area contributed by atoms with Gasteiger partial charge in [0.1, 0.15) is 12.4 Å². The number of nitrogens with zero attached hydrogens (tertiary/aromatic N) is 3. The van der Waals surface area contributed by atoms with E-state index in [1.807, 2.05) is 25.1 Å². The fourth-order valence-corrected chi connectivity index (χ4v) is 4.46. The van der Waals surface area contributed by atoms with Crippen molar-refractivity contribution in [3.8, 4) is 5.75 Å². The van der Waals surface area contributed by atoms with Gasteiger partial charge in [-0.05, 0) is 56.2 Å². The number of nitrogens with one attached hydrogen (secondary N) is 1. The molecule has 3 aromatic rings. The molecule has 1 aromatic heterocycles. The molecular weight excluding hydrogens is 448 g/mol. The van der Waals surface area contributed by atoms with E-state index < -0.39 is 0 Å². The van der Waals surface area contributed by atoms with Crippen molar-refractivity contribution in [1.82, 2.24) is 14.8 Å². The van der Waals surface area contributed by atoms with Gasteiger partial charge in [0.25, 0.3) is 0 Å². The highest BCUT2D eigenvalue weighted by Gasteiger charge is 2.31. The van der Waals surface area contributed by atoms with Gasteiger partial charge in [0.2, 0.25) is 5.91 Å². The molecule has 0 spiro atoms. The smallest absolute Gasteiger partial charge is 0.221 e. The number of hydrogen-bond donors (Lipinski definition) is 1. The number of para-hydroxylation sites is 1. The van der Waals surface area contributed by atoms with Crippen LogP contribution in [0.15, 0.2) is 53.7 Å². The largest absolute Gasteiger partial charge is 0.484 e. The van der Waals surface area contributed by atoms with Crippen LogP contribution >= 0.6 is 23.4 Å². The van der Waals surface area contributed by atoms with Crippen LogP contribution in [0.25, 0.3) is 0 Å². The molecule has 0 saturated heterocycles. The Kier molecular flexibility index (Phi) is 6.81. The maximum absolute atomic E-state index is 12.9. The Morgan fingerprint density at radius 3 is 2.56 bits per heavy atom. The Bertz CT molecular complexity index is 1130. The van der Waals surface area contributed by atoms with Crippen molar-refractivity contribution < 1.29 is 14.3 Å². The normalized spacial score (nSPS) is 14.1. The molecule has 1 aliphatic rings. The van der Waals surface area contributed by atoms with Crippen molar-refractivity contribution in [2.24, 2.45) is 0 Å². The van der Waals surface area contributed by atoms with Gasteiger partial charge < -0.3 is 10.1 Å². The van der Waals surface area contributed by atoms with Crippen LogP contribution in [0.1, 0.15) is 48.9 Å². The zero-order chi connectivity index (χ0) is 22.7. The summed E-state index contributed by atoms with van der Waals surface area (Å²) in [5.74, 6) is 1.15. The topological polar surface area (TPSA) is 86.1 Å². The predicted octanol–water partition coefficient (Wildman–Crippen LogP) is 5.17. The van der Waals surface area contributed by atoms with Crippen molar-refractivity contribution in [2.75, 3.05) is 5.32 Å². The molecule has 1 atom stereocenters. The number of amides is 1. The minimum Gasteiger partial charge on any atom is -0.484 e. The number of hydrogen-bond acceptors (Lipinski definition) is 6. The van der Waals surface area contributed by atoms with Gasteiger partial charge in [-0.1, -0.05) is 35.5 Å². The van der Waals surface area contributed by atoms with Crippen molar-refractivity contribution in [3.05, 3.63) is 64.9 Å². The summed E-state index contributed by atoms with van der Waals surface area (Å²) in [4.78, 5) is 24.1. The maximum atomic E-state index is 12.9. The standard InChI is InChI=1S/C23H23ClN4O3S/c1-14(22(30)16-7-9-17(10-8-16)25-15(2)29)32-23-27-26-21(28(23)18-11-12-18)13-31-20-6-4-3-5-19(20)24/h3-10,14,18H,11-13H2,1-2H3,(H,25,29)/t14-/m1/s1. The second-order valence-electron chi connectivity index (χ2n) is 7.60. The van der Waals surface area contributed by atoms with Crippen LogP contribution in [0.4, 0.5) is 5.69 Å². The highest BCUT2D eigenvalue weighted by Crippen LogP contribution is 2.40. The molecule has 1 saturated carbocycles. The first kappa shape index (κ1) is 22.4. The first-order valence-electron chi connectivity index (χ1n) is 10.3. The molecule has 0 bridgehead atoms. The molecule has 0 aliphatic heterocycles. The van der Waals surface area contributed by atoms with Gasteiger partial charge in [0, 0.05) is 24.2 Å². The third kappa shape index (κ3) is 5.31. The Labute approximate surface area is 195 Å². The van der Waals surface area contributed by atoms with Gasteiger partial charge in [-0.2, -0.15) is 0 Å². The molecule has 0 unspecified atom stereocenters. The fraction of sp³-hybridized carbons (Fsp3) is 0.304. The van der Waals surface area contributed by atoms with E-state index in [0.29, 0.717) is 39.0 Å². The zero-order valence-electron chi connectivity index (χ0n) is 17.7. The molecular formula is C23H23ClN4O3S. The van der Waals surface area contributed by atoms with E-state index >= 15 is 0 Å². The molecule has 0 radical (unpaired) electrons. The highest BCUT2D eigenvalue weighted by atomic mass is 35.5. The van der Waals surface area contributed by atoms with E-state index in [2.05, 4.69) is 20.1 Å². The van der Waals surface area contributed by atoms with Crippen molar-refractivity contribution in [3.63, 3.8) is 0 Å². The van der Waals surface area contributed by atoms with Crippen LogP contribution in [0.5, 0.6) is 5.75 Å². The van der Waals surface area contributed by atoms with Gasteiger partial charge in [-0.3, -0.25) is 14.2 Å². The lowest BCUT2D eigenvalue weighted by atomic mass is 10.1. The summed E-state index contributed by atoms with van der Waals surface area (Å²) in [6.07, 6.45) is 2.11. The number of Topliss-reactive ketones (excluding diaryl/α,β-unsaturated/α-hetero) is 1. The lowest BCUT2D eigenvalue weighted by Crippen LogP contribution is -2.15. The van der Waals surface area contributed by atoms with E-state index in [9.17, 15) is 9.59 Å². The number of rotatable bonds is 9. The summed E-state index contributed by atoms with van der Waals surface area (Å²) >= 11 is 7.57. The molecule has 4 rings (SSSR count). The van der Waals surface area contributed by atoms with Crippen LogP contribution < -0.4 is 10.1 Å². The van der Waals surface area contributed by atoms with Gasteiger partial charge >= 0.3 is 0 Å². The third-order valence-corrected chi connectivity index (χ3v) is 6.35. The molecule has 2 aromatic carbocycles. The first-order chi connectivity index (χ1) is 15.4. The summed E-state index contributed by atoms with van der Waals surface area (Å²) in [5, 5.41) is 12.3. The van der Waals surface area contributed by atoms with Gasteiger partial charge in [-0.25, -0.2) is 0 Å². The molecule has 1 heterocycles. The van der Waals surface area contributed by atoms with Crippen molar-refractivity contribution in [1.29, 1.82) is 0 Å². The van der Waals surface area contributed by atoms with Gasteiger partial charge in [0.15, 0.2) is 16.8 Å². The highest BCUT2D eigenvalue weighted by molar-refractivity contribution is 8.00. The average molecular weight is 471 g/mol. The van der Waals surface area contributed by atoms with Crippen molar-refractivity contribution >= 4 is 40.7 Å². The number of thioether (sulfide) groups is 1. The summed E-state index contributed by atoms with van der Waals surface area (Å²) in [7, 11) is 0. The second-order valence-corrected chi connectivity index (χ2v) is 9.32. The number of carbonyl (C=O) groups is 2. The number of benzene rings is 2. The van der Waals surface area contributed by atoms with E-state index in [4.69, 9.17) is 16.3 Å². The van der Waals surface area contributed by atoms with Crippen LogP contribution in [-0.2, 0) is 11.4 Å². The maximum Gasteiger partial charge on any atom is 0.221 e. The summed E-state index contributed by atoms with van der Waals surface area (Å²) in [5.41, 5.74) is 1.24. The van der Waals surface area contributed by atoms with Crippen molar-refractivity contribution in [2.45, 2.75) is 49.7 Å². The number of halogens is 1. The number of ketones is 1. The van der Waals surface area contributed by atoms with E-state index in [1.54, 1.807) is 30.3 Å². The number of ether oxygens (including phenoxy) is 1. The number of anilines is 1. The summed E-state index contributed by atoms with van der Waals surface area (Å²) < 4.78 is 7.93. The molecule has 9 heteroatoms. The zero-order valence-corrected chi connectivity index (χ0v) is 19.3. The minimum absolute atomic E-state index is 0.0106. The number of carbonyl (C=O) groups excluding carboxylic acids is 2. The third-order valence-electron chi connectivity index (χ3n) is 4.98. The quantitative estimate of drug-likeness (QED) is 0.343. The Hall–Kier alpha value is -2.84. The molecule has 32 heavy (non-hydrogen) atoms. The number of aromatic nitrogens is 3. The van der Waals surface area contributed by atoms with Gasteiger partial charge in [-0.15, -0.1) is 10.2 Å². The van der Waals surface area contributed by atoms with Crippen LogP contribution in [0.3, 0.4) is 0 Å². The van der Waals surface area contributed by atoms with E-state index in [0.717, 1.165) is 12.8 Å². The van der Waals surface area contributed by atoms with Crippen LogP contribution in [0.2, 0.25) is 5.02 Å². The Morgan fingerprint density at radius 1 is 1.19 bits per heavy atom. The predicted molar refractivity (Wildman–Crippen MR) is 124 cm³/mol. The molecule has 1 amide bonds. The molecule has 1 N–H and O–H groups in total. The lowest BCUT2D eigenvalue weighted by molar-refractivity contribution is -0.114. The van der Waals surface area contributed by atoms with Crippen LogP contribution in [0, 0.1) is 0 Å². The Morgan fingerprint density at radius 2 is 1.91 bits per heavy atom. The SMILES string of the molecule is CC(=O)Nc1ccc(C(=O)[C@@H](C)Sc2nnc(COc3ccccc3Cl)n2C2CC2)cc1. The second kappa shape index (κ2) is 9.75. The molecule has 7 nitrogen and oxygen atoms in total. The molecule has 166 valence electrons. The minimum atomic E-state index is -0.347. The van der Waals surface area contributed by atoms with Gasteiger partial charge in [0.05, 0.1) is 10.3 Å². The van der Waals surface area contributed by atoms with Crippen LogP contribution in [-0.4, -0.2) is 31.7 Å². The van der Waals surface area contributed by atoms with E-state index in [-0.39, 0.29) is 23.5 Å². The Balaban J connectivity index is 1.45. The molecule has 1 fully saturated rings. The molecule has 1 aliphatic carbocycles. The monoisotopic (exact) mass is 470 g/mol. The fourth-order valence-electron chi connectivity index (χ4n) is 3.26. The average Bonchev–Trinajstić information content (AvgIpc) is 3.53. The first-order valence-corrected chi connectivity index (χ1v) is 11.6. The summed E-state index contributed by atoms with van der Waals surface area (Å²) in [6, 6.07) is 14.5. The van der Waals surface area contributed by atoms with E-state index in [1.165, 1.54) is 18.7 Å². The lowest BCUT2D eigenvalue weighted by Gasteiger charge is -2.13.